The molecule has 5 heteroatoms. The van der Waals surface area contributed by atoms with E-state index in [0.717, 1.165) is 31.4 Å². The van der Waals surface area contributed by atoms with Gasteiger partial charge >= 0.3 is 0 Å². The Kier molecular flexibility index (Phi) is 10.9. The average Bonchev–Trinajstić information content (AvgIpc) is 2.56. The van der Waals surface area contributed by atoms with Gasteiger partial charge in [-0.1, -0.05) is 45.7 Å². The lowest BCUT2D eigenvalue weighted by molar-refractivity contribution is -0.116. The minimum absolute atomic E-state index is 0.0210. The van der Waals surface area contributed by atoms with Crippen molar-refractivity contribution in [2.45, 2.75) is 84.3 Å². The molecular formula is C20H35NO3S. The number of unbranched alkanes of at least 4 members (excludes halogenated alkanes) is 1. The third-order valence-electron chi connectivity index (χ3n) is 4.33. The summed E-state index contributed by atoms with van der Waals surface area (Å²) in [6.45, 7) is 9.09. The van der Waals surface area contributed by atoms with E-state index in [1.807, 2.05) is 18.7 Å². The summed E-state index contributed by atoms with van der Waals surface area (Å²) >= 11 is 1.95. The molecule has 0 aliphatic heterocycles. The number of allylic oxidation sites excluding steroid dienone is 2. The maximum Gasteiger partial charge on any atom is 0.168 e. The fourth-order valence-electron chi connectivity index (χ4n) is 3.11. The standard InChI is InChI=1S/C20H35NO3S/c1-5-8-10-24-21-17(9-6-2)20-18(22)13-16(14-19(20)23)12-15(4)25-11-7-3/h15-16,22H,5-14H2,1-4H3/b21-17-. The molecule has 0 aromatic heterocycles. The molecule has 4 nitrogen and oxygen atoms in total. The fourth-order valence-corrected chi connectivity index (χ4v) is 4.16. The van der Waals surface area contributed by atoms with Gasteiger partial charge in [0.25, 0.3) is 0 Å². The molecule has 0 fully saturated rings. The van der Waals surface area contributed by atoms with E-state index in [1.54, 1.807) is 0 Å². The van der Waals surface area contributed by atoms with E-state index in [-0.39, 0.29) is 17.5 Å². The Hall–Kier alpha value is -0.970. The van der Waals surface area contributed by atoms with E-state index >= 15 is 0 Å². The maximum absolute atomic E-state index is 12.7. The van der Waals surface area contributed by atoms with Crippen LogP contribution in [-0.2, 0) is 9.63 Å². The van der Waals surface area contributed by atoms with Crippen molar-refractivity contribution < 1.29 is 14.7 Å². The van der Waals surface area contributed by atoms with Crippen molar-refractivity contribution in [3.8, 4) is 0 Å². The molecular weight excluding hydrogens is 334 g/mol. The Balaban J connectivity index is 2.77. The van der Waals surface area contributed by atoms with E-state index in [1.165, 1.54) is 6.42 Å². The van der Waals surface area contributed by atoms with Crippen LogP contribution in [0.4, 0.5) is 0 Å². The first-order valence-electron chi connectivity index (χ1n) is 9.79. The number of hydrogen-bond donors (Lipinski definition) is 1. The van der Waals surface area contributed by atoms with Crippen LogP contribution in [0, 0.1) is 5.92 Å². The third-order valence-corrected chi connectivity index (χ3v) is 5.74. The number of thioether (sulfide) groups is 1. The van der Waals surface area contributed by atoms with Gasteiger partial charge in [-0.05, 0) is 37.4 Å². The Labute approximate surface area is 157 Å². The number of Topliss-reactive ketones (excluding diaryl/α,β-unsaturated/α-hetero) is 1. The first kappa shape index (κ1) is 22.1. The zero-order valence-electron chi connectivity index (χ0n) is 16.3. The Morgan fingerprint density at radius 2 is 2.04 bits per heavy atom. The number of ketones is 1. The Morgan fingerprint density at radius 3 is 2.64 bits per heavy atom. The summed E-state index contributed by atoms with van der Waals surface area (Å²) in [5.74, 6) is 1.62. The molecule has 0 bridgehead atoms. The van der Waals surface area contributed by atoms with Crippen molar-refractivity contribution in [1.29, 1.82) is 0 Å². The molecule has 2 unspecified atom stereocenters. The van der Waals surface area contributed by atoms with Gasteiger partial charge in [-0.2, -0.15) is 11.8 Å². The number of aliphatic hydroxyl groups excluding tert-OH is 1. The SMILES string of the molecule is CCCCO/N=C(/CCC)C1=C(O)CC(CC(C)SCCC)CC1=O. The second-order valence-corrected chi connectivity index (χ2v) is 8.46. The van der Waals surface area contributed by atoms with E-state index < -0.39 is 0 Å². The molecule has 0 heterocycles. The van der Waals surface area contributed by atoms with Crippen LogP contribution in [0.3, 0.4) is 0 Å². The van der Waals surface area contributed by atoms with Crippen molar-refractivity contribution >= 4 is 23.3 Å². The fraction of sp³-hybridized carbons (Fsp3) is 0.800. The largest absolute Gasteiger partial charge is 0.511 e. The van der Waals surface area contributed by atoms with Crippen LogP contribution in [0.15, 0.2) is 16.5 Å². The first-order chi connectivity index (χ1) is 12.0. The predicted molar refractivity (Wildman–Crippen MR) is 107 cm³/mol. The predicted octanol–water partition coefficient (Wildman–Crippen LogP) is 5.67. The number of hydrogen-bond acceptors (Lipinski definition) is 5. The summed E-state index contributed by atoms with van der Waals surface area (Å²) in [5, 5.41) is 15.2. The average molecular weight is 370 g/mol. The molecule has 1 N–H and O–H groups in total. The molecule has 0 aromatic carbocycles. The summed E-state index contributed by atoms with van der Waals surface area (Å²) in [7, 11) is 0. The third kappa shape index (κ3) is 7.85. The summed E-state index contributed by atoms with van der Waals surface area (Å²) < 4.78 is 0. The monoisotopic (exact) mass is 369 g/mol. The minimum Gasteiger partial charge on any atom is -0.511 e. The molecule has 0 saturated carbocycles. The summed E-state index contributed by atoms with van der Waals surface area (Å²) in [6, 6.07) is 0. The van der Waals surface area contributed by atoms with Crippen LogP contribution >= 0.6 is 11.8 Å². The van der Waals surface area contributed by atoms with Gasteiger partial charge in [0, 0.05) is 18.1 Å². The van der Waals surface area contributed by atoms with Crippen molar-refractivity contribution in [1.82, 2.24) is 0 Å². The van der Waals surface area contributed by atoms with E-state index in [4.69, 9.17) is 4.84 Å². The van der Waals surface area contributed by atoms with Crippen molar-refractivity contribution in [2.75, 3.05) is 12.4 Å². The first-order valence-corrected chi connectivity index (χ1v) is 10.8. The van der Waals surface area contributed by atoms with Crippen LogP contribution < -0.4 is 0 Å². The quantitative estimate of drug-likeness (QED) is 0.273. The lowest BCUT2D eigenvalue weighted by Gasteiger charge is -2.26. The van der Waals surface area contributed by atoms with Gasteiger partial charge in [0.2, 0.25) is 0 Å². The Morgan fingerprint density at radius 1 is 1.28 bits per heavy atom. The zero-order chi connectivity index (χ0) is 18.7. The van der Waals surface area contributed by atoms with Gasteiger partial charge in [-0.3, -0.25) is 4.79 Å². The van der Waals surface area contributed by atoms with Crippen molar-refractivity contribution in [3.05, 3.63) is 11.3 Å². The summed E-state index contributed by atoms with van der Waals surface area (Å²) in [4.78, 5) is 18.0. The van der Waals surface area contributed by atoms with Gasteiger partial charge in [0.1, 0.15) is 12.4 Å². The number of nitrogens with zero attached hydrogens (tertiary/aromatic N) is 1. The smallest absolute Gasteiger partial charge is 0.168 e. The summed E-state index contributed by atoms with van der Waals surface area (Å²) in [5.41, 5.74) is 1.04. The van der Waals surface area contributed by atoms with E-state index in [0.29, 0.717) is 42.4 Å². The van der Waals surface area contributed by atoms with Crippen LogP contribution in [-0.4, -0.2) is 34.2 Å². The number of carbonyl (C=O) groups excluding carboxylic acids is 1. The van der Waals surface area contributed by atoms with Gasteiger partial charge in [-0.25, -0.2) is 0 Å². The molecule has 1 rings (SSSR count). The molecule has 2 atom stereocenters. The second kappa shape index (κ2) is 12.4. The molecule has 0 radical (unpaired) electrons. The number of oxime groups is 1. The highest BCUT2D eigenvalue weighted by Gasteiger charge is 2.31. The zero-order valence-corrected chi connectivity index (χ0v) is 17.2. The highest BCUT2D eigenvalue weighted by molar-refractivity contribution is 7.99. The molecule has 0 saturated heterocycles. The van der Waals surface area contributed by atoms with Crippen molar-refractivity contribution in [2.24, 2.45) is 11.1 Å². The molecule has 1 aliphatic rings. The van der Waals surface area contributed by atoms with E-state index in [9.17, 15) is 9.90 Å². The lowest BCUT2D eigenvalue weighted by Crippen LogP contribution is -2.26. The van der Waals surface area contributed by atoms with Crippen LogP contribution in [0.5, 0.6) is 0 Å². The van der Waals surface area contributed by atoms with Gasteiger partial charge in [0.15, 0.2) is 5.78 Å². The number of rotatable bonds is 12. The highest BCUT2D eigenvalue weighted by Crippen LogP contribution is 2.33. The van der Waals surface area contributed by atoms with Crippen LogP contribution in [0.1, 0.15) is 79.1 Å². The Bertz CT molecular complexity index is 474. The van der Waals surface area contributed by atoms with Gasteiger partial charge < -0.3 is 9.94 Å². The summed E-state index contributed by atoms with van der Waals surface area (Å²) in [6.07, 6.45) is 6.74. The lowest BCUT2D eigenvalue weighted by atomic mass is 9.82. The van der Waals surface area contributed by atoms with Crippen molar-refractivity contribution in [3.63, 3.8) is 0 Å². The minimum atomic E-state index is 0.0210. The second-order valence-electron chi connectivity index (χ2n) is 6.91. The number of carbonyl (C=O) groups is 1. The molecule has 0 aromatic rings. The molecule has 25 heavy (non-hydrogen) atoms. The molecule has 0 amide bonds. The number of aliphatic hydroxyl groups is 1. The maximum atomic E-state index is 12.7. The molecule has 144 valence electrons. The normalized spacial score (nSPS) is 20.1. The van der Waals surface area contributed by atoms with Gasteiger partial charge in [0.05, 0.1) is 11.3 Å². The van der Waals surface area contributed by atoms with Gasteiger partial charge in [-0.15, -0.1) is 0 Å². The van der Waals surface area contributed by atoms with E-state index in [2.05, 4.69) is 25.9 Å². The van der Waals surface area contributed by atoms with Crippen LogP contribution in [0.25, 0.3) is 0 Å². The molecule has 0 spiro atoms. The highest BCUT2D eigenvalue weighted by atomic mass is 32.2. The van der Waals surface area contributed by atoms with Crippen LogP contribution in [0.2, 0.25) is 0 Å². The molecule has 1 aliphatic carbocycles. The topological polar surface area (TPSA) is 58.9 Å².